The number of hydrogen-bond acceptors (Lipinski definition) is 1. The van der Waals surface area contributed by atoms with Gasteiger partial charge in [-0.3, -0.25) is 4.21 Å². The van der Waals surface area contributed by atoms with E-state index in [1.807, 2.05) is 20.8 Å². The van der Waals surface area contributed by atoms with Crippen LogP contribution < -0.4 is 0 Å². The summed E-state index contributed by atoms with van der Waals surface area (Å²) in [6, 6.07) is 0. The number of rotatable bonds is 0. The molecule has 0 rings (SSSR count). The van der Waals surface area contributed by atoms with E-state index in [4.69, 9.17) is 0 Å². The molecular formula is C4H10OS. The maximum atomic E-state index is 9.92. The van der Waals surface area contributed by atoms with Crippen LogP contribution in [0.5, 0.6) is 0 Å². The Hall–Kier alpha value is 0.150. The molecule has 0 aliphatic heterocycles. The summed E-state index contributed by atoms with van der Waals surface area (Å²) in [5.74, 6) is 0. The first-order valence-corrected chi connectivity index (χ1v) is 2.72. The first-order chi connectivity index (χ1) is 2.56. The van der Waals surface area contributed by atoms with Gasteiger partial charge in [-0.15, -0.1) is 0 Å². The van der Waals surface area contributed by atoms with Gasteiger partial charge < -0.3 is 0 Å². The van der Waals surface area contributed by atoms with E-state index < -0.39 is 0 Å². The highest BCUT2D eigenvalue weighted by atomic mass is 32.1. The van der Waals surface area contributed by atoms with Crippen molar-refractivity contribution in [2.45, 2.75) is 25.5 Å². The molecule has 0 atom stereocenters. The molecule has 0 unspecified atom stereocenters. The zero-order chi connectivity index (χ0) is 5.21. The summed E-state index contributed by atoms with van der Waals surface area (Å²) in [7, 11) is 0. The molecule has 0 aromatic carbocycles. The van der Waals surface area contributed by atoms with E-state index in [1.54, 1.807) is 0 Å². The predicted molar refractivity (Wildman–Crippen MR) is 29.3 cm³/mol. The van der Waals surface area contributed by atoms with Gasteiger partial charge in [-0.25, -0.2) is 0 Å². The summed E-state index contributed by atoms with van der Waals surface area (Å²) in [6.07, 6.45) is 0. The van der Waals surface area contributed by atoms with Crippen LogP contribution in [0.3, 0.4) is 0 Å². The Kier molecular flexibility index (Phi) is 1.78. The highest BCUT2D eigenvalue weighted by molar-refractivity contribution is 7.67. The van der Waals surface area contributed by atoms with Crippen LogP contribution in [0.1, 0.15) is 20.8 Å². The van der Waals surface area contributed by atoms with Gasteiger partial charge in [0.25, 0.3) is 0 Å². The molecule has 2 heteroatoms. The zero-order valence-electron chi connectivity index (χ0n) is 4.36. The van der Waals surface area contributed by atoms with Crippen LogP contribution in [0.25, 0.3) is 0 Å². The van der Waals surface area contributed by atoms with Crippen molar-refractivity contribution in [1.29, 1.82) is 0 Å². The van der Waals surface area contributed by atoms with Crippen molar-refractivity contribution in [3.63, 3.8) is 0 Å². The van der Waals surface area contributed by atoms with Gasteiger partial charge in [-0.1, -0.05) is 0 Å². The van der Waals surface area contributed by atoms with Crippen LogP contribution in [0.15, 0.2) is 0 Å². The predicted octanol–water partition coefficient (Wildman–Crippen LogP) is 0.730. The second-order valence-electron chi connectivity index (χ2n) is 2.26. The normalized spacial score (nSPS) is 11.8. The van der Waals surface area contributed by atoms with Crippen LogP contribution in [0.2, 0.25) is 0 Å². The zero-order valence-corrected chi connectivity index (χ0v) is 5.25. The highest BCUT2D eigenvalue weighted by Gasteiger charge is 2.03. The molecule has 0 aromatic rings. The minimum absolute atomic E-state index is 0.0417. The van der Waals surface area contributed by atoms with Crippen LogP contribution in [0.4, 0.5) is 0 Å². The van der Waals surface area contributed by atoms with E-state index in [1.165, 1.54) is 0 Å². The summed E-state index contributed by atoms with van der Waals surface area (Å²) in [5, 5.41) is 0. The second kappa shape index (κ2) is 1.73. The third-order valence-corrected chi connectivity index (χ3v) is 0.822. The van der Waals surface area contributed by atoms with Gasteiger partial charge in [0.05, 0.1) is 0 Å². The molecule has 1 nitrogen and oxygen atoms in total. The van der Waals surface area contributed by atoms with Gasteiger partial charge in [0.1, 0.15) is 0 Å². The van der Waals surface area contributed by atoms with E-state index in [0.29, 0.717) is 0 Å². The maximum Gasteiger partial charge on any atom is 0.0346 e. The van der Waals surface area contributed by atoms with E-state index >= 15 is 0 Å². The Morgan fingerprint density at radius 1 is 1.33 bits per heavy atom. The van der Waals surface area contributed by atoms with E-state index in [0.717, 1.165) is 0 Å². The molecule has 0 saturated carbocycles. The third kappa shape index (κ3) is 4.15. The summed E-state index contributed by atoms with van der Waals surface area (Å²) < 4.78 is 9.88. The molecule has 0 radical (unpaired) electrons. The van der Waals surface area contributed by atoms with Gasteiger partial charge in [0.15, 0.2) is 0 Å². The van der Waals surface area contributed by atoms with Crippen LogP contribution >= 0.6 is 0 Å². The standard InChI is InChI=1S/C4H10OS/c1-4(2,3)6-5/h6H,1-3H3. The lowest BCUT2D eigenvalue weighted by molar-refractivity contribution is 0.664. The van der Waals surface area contributed by atoms with Crippen molar-refractivity contribution in [2.75, 3.05) is 0 Å². The molecule has 6 heavy (non-hydrogen) atoms. The fraction of sp³-hybridized carbons (Fsp3) is 1.00. The Labute approximate surface area is 42.2 Å². The van der Waals surface area contributed by atoms with E-state index in [2.05, 4.69) is 0 Å². The van der Waals surface area contributed by atoms with E-state index in [-0.39, 0.29) is 16.4 Å². The lowest BCUT2D eigenvalue weighted by Crippen LogP contribution is -2.10. The minimum Gasteiger partial charge on any atom is -0.262 e. The number of hydrogen-bond donors (Lipinski definition) is 1. The molecule has 0 aliphatic rings. The molecule has 0 aliphatic carbocycles. The van der Waals surface area contributed by atoms with Gasteiger partial charge in [-0.2, -0.15) is 0 Å². The summed E-state index contributed by atoms with van der Waals surface area (Å²) in [4.78, 5) is 0. The van der Waals surface area contributed by atoms with Crippen LogP contribution in [-0.2, 0) is 11.7 Å². The monoisotopic (exact) mass is 106 g/mol. The molecule has 0 aromatic heterocycles. The van der Waals surface area contributed by atoms with Crippen molar-refractivity contribution < 1.29 is 4.21 Å². The van der Waals surface area contributed by atoms with Gasteiger partial charge in [0, 0.05) is 16.4 Å². The average Bonchev–Trinajstić information content (AvgIpc) is 1.35. The Morgan fingerprint density at radius 3 is 1.50 bits per heavy atom. The van der Waals surface area contributed by atoms with Crippen LogP contribution in [0, 0.1) is 0 Å². The lowest BCUT2D eigenvalue weighted by atomic mass is 10.3. The van der Waals surface area contributed by atoms with Crippen LogP contribution in [-0.4, -0.2) is 8.96 Å². The summed E-state index contributed by atoms with van der Waals surface area (Å²) >= 11 is 0.225. The minimum atomic E-state index is -0.0417. The van der Waals surface area contributed by atoms with E-state index in [9.17, 15) is 4.21 Å². The maximum absolute atomic E-state index is 9.92. The molecule has 38 valence electrons. The van der Waals surface area contributed by atoms with Gasteiger partial charge in [0.2, 0.25) is 0 Å². The molecule has 0 fully saturated rings. The molecule has 0 amide bonds. The molecule has 0 bridgehead atoms. The summed E-state index contributed by atoms with van der Waals surface area (Å²) in [5.41, 5.74) is 0. The van der Waals surface area contributed by atoms with Crippen molar-refractivity contribution >= 4 is 11.7 Å². The lowest BCUT2D eigenvalue weighted by Gasteiger charge is -2.04. The molecule has 0 saturated heterocycles. The first kappa shape index (κ1) is 6.15. The first-order valence-electron chi connectivity index (χ1n) is 1.91. The molecule has 0 heterocycles. The van der Waals surface area contributed by atoms with Crippen molar-refractivity contribution in [1.82, 2.24) is 0 Å². The smallest absolute Gasteiger partial charge is 0.0346 e. The summed E-state index contributed by atoms with van der Waals surface area (Å²) in [6.45, 7) is 5.75. The topological polar surface area (TPSA) is 17.1 Å². The Morgan fingerprint density at radius 2 is 1.50 bits per heavy atom. The largest absolute Gasteiger partial charge is 0.262 e. The third-order valence-electron chi connectivity index (χ3n) is 0.274. The fourth-order valence-corrected chi connectivity index (χ4v) is 0. The number of thiol groups is 1. The van der Waals surface area contributed by atoms with Crippen molar-refractivity contribution in [3.05, 3.63) is 0 Å². The fourth-order valence-electron chi connectivity index (χ4n) is 0. The molecule has 0 spiro atoms. The Bertz CT molecular complexity index is 53.1. The van der Waals surface area contributed by atoms with Gasteiger partial charge >= 0.3 is 0 Å². The Balaban J connectivity index is 3.45. The van der Waals surface area contributed by atoms with Crippen molar-refractivity contribution in [3.8, 4) is 0 Å². The molecule has 0 N–H and O–H groups in total. The quantitative estimate of drug-likeness (QED) is 0.450. The molecular weight excluding hydrogens is 96.1 g/mol. The SMILES string of the molecule is CC(C)(C)[SH]=O. The average molecular weight is 106 g/mol. The highest BCUT2D eigenvalue weighted by Crippen LogP contribution is 1.99. The second-order valence-corrected chi connectivity index (χ2v) is 3.79. The van der Waals surface area contributed by atoms with Crippen molar-refractivity contribution in [2.24, 2.45) is 0 Å². The van der Waals surface area contributed by atoms with Gasteiger partial charge in [-0.05, 0) is 20.8 Å².